The van der Waals surface area contributed by atoms with Gasteiger partial charge in [-0.15, -0.1) is 5.10 Å². The van der Waals surface area contributed by atoms with E-state index in [1.165, 1.54) is 11.8 Å². The molecule has 2 N–H and O–H groups in total. The molecule has 0 spiro atoms. The molecule has 16 heavy (non-hydrogen) atoms. The van der Waals surface area contributed by atoms with Crippen LogP contribution in [0.5, 0.6) is 0 Å². The van der Waals surface area contributed by atoms with E-state index in [2.05, 4.69) is 10.2 Å². The van der Waals surface area contributed by atoms with Crippen molar-refractivity contribution in [3.63, 3.8) is 0 Å². The summed E-state index contributed by atoms with van der Waals surface area (Å²) in [5, 5.41) is 9.49. The van der Waals surface area contributed by atoms with E-state index in [0.717, 1.165) is 20.5 Å². The van der Waals surface area contributed by atoms with E-state index in [1.54, 1.807) is 6.20 Å². The number of rotatable bonds is 3. The van der Waals surface area contributed by atoms with Gasteiger partial charge in [0.15, 0.2) is 0 Å². The van der Waals surface area contributed by atoms with Crippen molar-refractivity contribution < 1.29 is 0 Å². The Morgan fingerprint density at radius 3 is 2.62 bits per heavy atom. The molecular formula is C11H10ClN3S. The summed E-state index contributed by atoms with van der Waals surface area (Å²) in [6.07, 6.45) is 1.65. The van der Waals surface area contributed by atoms with Crippen molar-refractivity contribution in [2.45, 2.75) is 16.5 Å². The molecule has 0 aliphatic carbocycles. The van der Waals surface area contributed by atoms with Crippen LogP contribution in [0.1, 0.15) is 5.56 Å². The molecule has 2 aromatic rings. The normalized spacial score (nSPS) is 10.4. The fraction of sp³-hybridized carbons (Fsp3) is 0.0909. The van der Waals surface area contributed by atoms with Gasteiger partial charge in [-0.25, -0.2) is 0 Å². The number of benzene rings is 1. The van der Waals surface area contributed by atoms with Gasteiger partial charge in [0.05, 0.1) is 0 Å². The molecule has 0 unspecified atom stereocenters. The molecule has 0 saturated carbocycles. The summed E-state index contributed by atoms with van der Waals surface area (Å²) >= 11 is 7.35. The number of nitrogens with zero attached hydrogens (tertiary/aromatic N) is 2. The lowest BCUT2D eigenvalue weighted by Crippen LogP contribution is -2.00. The smallest absolute Gasteiger partial charge is 0.128 e. The molecule has 82 valence electrons. The predicted octanol–water partition coefficient (Wildman–Crippen LogP) is 2.74. The van der Waals surface area contributed by atoms with Crippen LogP contribution in [0.2, 0.25) is 5.02 Å². The maximum Gasteiger partial charge on any atom is 0.128 e. The number of hydrogen-bond acceptors (Lipinski definition) is 4. The van der Waals surface area contributed by atoms with Gasteiger partial charge in [0.1, 0.15) is 5.03 Å². The van der Waals surface area contributed by atoms with Gasteiger partial charge in [-0.2, -0.15) is 5.10 Å². The molecule has 0 saturated heterocycles. The second kappa shape index (κ2) is 5.30. The molecule has 5 heteroatoms. The zero-order valence-electron chi connectivity index (χ0n) is 8.43. The Morgan fingerprint density at radius 1 is 1.19 bits per heavy atom. The third kappa shape index (κ3) is 2.72. The topological polar surface area (TPSA) is 51.8 Å². The highest BCUT2D eigenvalue weighted by Crippen LogP contribution is 2.28. The molecule has 3 nitrogen and oxygen atoms in total. The Balaban J connectivity index is 2.23. The summed E-state index contributed by atoms with van der Waals surface area (Å²) in [5.74, 6) is 0. The zero-order valence-corrected chi connectivity index (χ0v) is 10.0. The first-order valence-electron chi connectivity index (χ1n) is 4.73. The van der Waals surface area contributed by atoms with Crippen LogP contribution in [0.25, 0.3) is 0 Å². The van der Waals surface area contributed by atoms with E-state index in [0.29, 0.717) is 6.54 Å². The average Bonchev–Trinajstić information content (AvgIpc) is 2.33. The first-order chi connectivity index (χ1) is 7.79. The van der Waals surface area contributed by atoms with Gasteiger partial charge in [-0.3, -0.25) is 0 Å². The summed E-state index contributed by atoms with van der Waals surface area (Å²) in [6, 6.07) is 9.47. The maximum absolute atomic E-state index is 5.82. The molecule has 1 aromatic carbocycles. The first-order valence-corrected chi connectivity index (χ1v) is 5.93. The van der Waals surface area contributed by atoms with Crippen molar-refractivity contribution in [1.82, 2.24) is 10.2 Å². The molecule has 0 aliphatic heterocycles. The van der Waals surface area contributed by atoms with Crippen LogP contribution in [0.4, 0.5) is 0 Å². The van der Waals surface area contributed by atoms with E-state index in [4.69, 9.17) is 17.3 Å². The molecule has 1 aromatic heterocycles. The van der Waals surface area contributed by atoms with Gasteiger partial charge in [0, 0.05) is 28.2 Å². The predicted molar refractivity (Wildman–Crippen MR) is 65.5 cm³/mol. The lowest BCUT2D eigenvalue weighted by atomic mass is 10.3. The number of nitrogens with two attached hydrogens (primary N) is 1. The van der Waals surface area contributed by atoms with Crippen LogP contribution in [-0.2, 0) is 6.54 Å². The molecule has 0 amide bonds. The summed E-state index contributed by atoms with van der Waals surface area (Å²) in [5.41, 5.74) is 6.62. The molecule has 1 heterocycles. The summed E-state index contributed by atoms with van der Waals surface area (Å²) < 4.78 is 0. The van der Waals surface area contributed by atoms with E-state index in [1.807, 2.05) is 30.3 Å². The highest BCUT2D eigenvalue weighted by Gasteiger charge is 2.04. The SMILES string of the molecule is NCc1ccnnc1Sc1ccc(Cl)cc1. The second-order valence-corrected chi connectivity index (χ2v) is 4.62. The van der Waals surface area contributed by atoms with Crippen molar-refractivity contribution in [1.29, 1.82) is 0 Å². The van der Waals surface area contributed by atoms with Gasteiger partial charge in [-0.1, -0.05) is 23.4 Å². The lowest BCUT2D eigenvalue weighted by molar-refractivity contribution is 0.866. The highest BCUT2D eigenvalue weighted by atomic mass is 35.5. The first kappa shape index (κ1) is 11.4. The molecule has 2 rings (SSSR count). The summed E-state index contributed by atoms with van der Waals surface area (Å²) in [4.78, 5) is 1.07. The molecule has 0 atom stereocenters. The summed E-state index contributed by atoms with van der Waals surface area (Å²) in [6.45, 7) is 0.464. The van der Waals surface area contributed by atoms with Gasteiger partial charge in [0.25, 0.3) is 0 Å². The van der Waals surface area contributed by atoms with Crippen LogP contribution in [0.3, 0.4) is 0 Å². The number of halogens is 1. The number of hydrogen-bond donors (Lipinski definition) is 1. The summed E-state index contributed by atoms with van der Waals surface area (Å²) in [7, 11) is 0. The van der Waals surface area contributed by atoms with Crippen molar-refractivity contribution in [2.24, 2.45) is 5.73 Å². The van der Waals surface area contributed by atoms with Crippen molar-refractivity contribution in [3.8, 4) is 0 Å². The van der Waals surface area contributed by atoms with Gasteiger partial charge >= 0.3 is 0 Å². The molecular weight excluding hydrogens is 242 g/mol. The Bertz CT molecular complexity index is 473. The average molecular weight is 252 g/mol. The van der Waals surface area contributed by atoms with Gasteiger partial charge in [-0.05, 0) is 30.3 Å². The maximum atomic E-state index is 5.82. The largest absolute Gasteiger partial charge is 0.326 e. The highest BCUT2D eigenvalue weighted by molar-refractivity contribution is 7.99. The fourth-order valence-electron chi connectivity index (χ4n) is 1.20. The Labute approximate surface area is 103 Å². The standard InChI is InChI=1S/C11H10ClN3S/c12-9-1-3-10(4-2-9)16-11-8(7-13)5-6-14-15-11/h1-6H,7,13H2. The van der Waals surface area contributed by atoms with Crippen LogP contribution >= 0.6 is 23.4 Å². The fourth-order valence-corrected chi connectivity index (χ4v) is 2.19. The minimum absolute atomic E-state index is 0.464. The third-order valence-electron chi connectivity index (χ3n) is 2.01. The lowest BCUT2D eigenvalue weighted by Gasteiger charge is -2.04. The second-order valence-electron chi connectivity index (χ2n) is 3.12. The molecule has 0 aliphatic rings. The Hall–Kier alpha value is -1.10. The Morgan fingerprint density at radius 2 is 1.94 bits per heavy atom. The molecule has 0 bridgehead atoms. The number of aromatic nitrogens is 2. The van der Waals surface area contributed by atoms with Gasteiger partial charge < -0.3 is 5.73 Å². The van der Waals surface area contributed by atoms with Crippen molar-refractivity contribution >= 4 is 23.4 Å². The minimum Gasteiger partial charge on any atom is -0.326 e. The van der Waals surface area contributed by atoms with Crippen LogP contribution in [-0.4, -0.2) is 10.2 Å². The van der Waals surface area contributed by atoms with Crippen molar-refractivity contribution in [2.75, 3.05) is 0 Å². The van der Waals surface area contributed by atoms with Crippen LogP contribution in [0.15, 0.2) is 46.5 Å². The third-order valence-corrected chi connectivity index (χ3v) is 3.31. The Kier molecular flexibility index (Phi) is 3.77. The van der Waals surface area contributed by atoms with E-state index >= 15 is 0 Å². The minimum atomic E-state index is 0.464. The molecule has 0 radical (unpaired) electrons. The monoisotopic (exact) mass is 251 g/mol. The van der Waals surface area contributed by atoms with Crippen molar-refractivity contribution in [3.05, 3.63) is 47.1 Å². The van der Waals surface area contributed by atoms with Gasteiger partial charge in [0.2, 0.25) is 0 Å². The van der Waals surface area contributed by atoms with E-state index < -0.39 is 0 Å². The zero-order chi connectivity index (χ0) is 11.4. The van der Waals surface area contributed by atoms with Crippen LogP contribution in [0, 0.1) is 0 Å². The van der Waals surface area contributed by atoms with Crippen LogP contribution < -0.4 is 5.73 Å². The van der Waals surface area contributed by atoms with E-state index in [-0.39, 0.29) is 0 Å². The molecule has 0 fully saturated rings. The quantitative estimate of drug-likeness (QED) is 0.911. The van der Waals surface area contributed by atoms with E-state index in [9.17, 15) is 0 Å².